The third kappa shape index (κ3) is 8.26. The van der Waals surface area contributed by atoms with E-state index >= 15 is 0 Å². The summed E-state index contributed by atoms with van der Waals surface area (Å²) in [6.07, 6.45) is 0.516. The number of sulfonamides is 1. The van der Waals surface area contributed by atoms with Crippen LogP contribution in [-0.2, 0) is 26.0 Å². The van der Waals surface area contributed by atoms with Crippen molar-refractivity contribution in [2.75, 3.05) is 52.7 Å². The maximum atomic E-state index is 13.4. The zero-order valence-corrected chi connectivity index (χ0v) is 24.9. The van der Waals surface area contributed by atoms with Gasteiger partial charge in [0.15, 0.2) is 0 Å². The van der Waals surface area contributed by atoms with Gasteiger partial charge >= 0.3 is 0 Å². The first kappa shape index (κ1) is 31.5. The van der Waals surface area contributed by atoms with Crippen molar-refractivity contribution in [2.24, 2.45) is 5.92 Å². The van der Waals surface area contributed by atoms with Gasteiger partial charge in [-0.05, 0) is 64.3 Å². The van der Waals surface area contributed by atoms with Crippen molar-refractivity contribution < 1.29 is 27.9 Å². The molecule has 0 saturated heterocycles. The van der Waals surface area contributed by atoms with Crippen LogP contribution in [0.5, 0.6) is 5.75 Å². The predicted molar refractivity (Wildman–Crippen MR) is 155 cm³/mol. The lowest BCUT2D eigenvalue weighted by Crippen LogP contribution is -2.48. The maximum Gasteiger partial charge on any atom is 0.242 e. The molecule has 3 atom stereocenters. The number of nitrogens with zero attached hydrogens (tertiary/aromatic N) is 3. The smallest absolute Gasteiger partial charge is 0.242 e. The Labute approximate surface area is 238 Å². The van der Waals surface area contributed by atoms with Crippen molar-refractivity contribution in [3.63, 3.8) is 0 Å². The zero-order valence-electron chi connectivity index (χ0n) is 24.0. The van der Waals surface area contributed by atoms with Gasteiger partial charge in [0, 0.05) is 37.2 Å². The second kappa shape index (κ2) is 14.1. The molecule has 2 N–H and O–H groups in total. The van der Waals surface area contributed by atoms with Gasteiger partial charge in [0.05, 0.1) is 30.5 Å². The van der Waals surface area contributed by atoms with Gasteiger partial charge in [0.2, 0.25) is 21.8 Å². The summed E-state index contributed by atoms with van der Waals surface area (Å²) < 4.78 is 34.2. The van der Waals surface area contributed by atoms with Gasteiger partial charge in [-0.1, -0.05) is 25.1 Å². The molecule has 1 heterocycles. The molecule has 0 aromatic heterocycles. The molecular weight excluding hydrogens is 532 g/mol. The number of hydrogen-bond acceptors (Lipinski definition) is 7. The molecule has 0 aliphatic carbocycles. The summed E-state index contributed by atoms with van der Waals surface area (Å²) in [4.78, 5) is 29.7. The Morgan fingerprint density at radius 1 is 1.18 bits per heavy atom. The van der Waals surface area contributed by atoms with Crippen LogP contribution < -0.4 is 10.1 Å². The summed E-state index contributed by atoms with van der Waals surface area (Å²) in [6, 6.07) is 13.0. The number of ether oxygens (including phenoxy) is 1. The standard InChI is InChI=1S/C29H42N4O6S/c1-21-18-33(22(2)20-34)29(36)17-23-16-24(30-28(35)12-9-15-31(3)4)13-14-26(23)39-27(21)19-32(5)40(37,38)25-10-7-6-8-11-25/h6-8,10-11,13-14,16,21-22,27,34H,9,12,15,17-20H2,1-5H3,(H,30,35)/t21-,22-,27-/m0/s1. The SMILES string of the molecule is C[C@H]1CN([C@@H](C)CO)C(=O)Cc2cc(NC(=O)CCCN(C)C)ccc2O[C@H]1CN(C)S(=O)(=O)c1ccccc1. The number of rotatable bonds is 11. The Balaban J connectivity index is 1.90. The van der Waals surface area contributed by atoms with E-state index in [1.54, 1.807) is 60.4 Å². The highest BCUT2D eigenvalue weighted by Crippen LogP contribution is 2.30. The van der Waals surface area contributed by atoms with Crippen molar-refractivity contribution in [3.8, 4) is 5.75 Å². The lowest BCUT2D eigenvalue weighted by Gasteiger charge is -2.33. The minimum absolute atomic E-state index is 0.0155. The molecule has 10 nitrogen and oxygen atoms in total. The molecule has 0 radical (unpaired) electrons. The van der Waals surface area contributed by atoms with Crippen molar-refractivity contribution in [1.29, 1.82) is 0 Å². The lowest BCUT2D eigenvalue weighted by atomic mass is 10.0. The Morgan fingerprint density at radius 2 is 1.88 bits per heavy atom. The van der Waals surface area contributed by atoms with Crippen molar-refractivity contribution >= 4 is 27.5 Å². The summed E-state index contributed by atoms with van der Waals surface area (Å²) >= 11 is 0. The van der Waals surface area contributed by atoms with E-state index in [4.69, 9.17) is 4.74 Å². The number of benzene rings is 2. The summed E-state index contributed by atoms with van der Waals surface area (Å²) in [5.74, 6) is -0.0984. The molecule has 0 fully saturated rings. The first-order valence-electron chi connectivity index (χ1n) is 13.6. The largest absolute Gasteiger partial charge is 0.488 e. The highest BCUT2D eigenvalue weighted by molar-refractivity contribution is 7.89. The number of hydrogen-bond donors (Lipinski definition) is 2. The zero-order chi connectivity index (χ0) is 29.4. The number of carbonyl (C=O) groups excluding carboxylic acids is 2. The normalized spacial score (nSPS) is 18.9. The van der Waals surface area contributed by atoms with E-state index in [0.29, 0.717) is 23.4 Å². The molecular formula is C29H42N4O6S. The summed E-state index contributed by atoms with van der Waals surface area (Å²) in [6.45, 7) is 4.61. The average Bonchev–Trinajstić information content (AvgIpc) is 2.96. The molecule has 3 rings (SSSR count). The van der Waals surface area contributed by atoms with Gasteiger partial charge < -0.3 is 25.0 Å². The molecule has 0 saturated carbocycles. The number of anilines is 1. The minimum atomic E-state index is -3.77. The van der Waals surface area contributed by atoms with Gasteiger partial charge in [-0.25, -0.2) is 8.42 Å². The maximum absolute atomic E-state index is 13.4. The number of aliphatic hydroxyl groups excluding tert-OH is 1. The summed E-state index contributed by atoms with van der Waals surface area (Å²) in [5.41, 5.74) is 1.14. The van der Waals surface area contributed by atoms with Crippen LogP contribution in [-0.4, -0.2) is 99.0 Å². The van der Waals surface area contributed by atoms with Crippen LogP contribution in [0.1, 0.15) is 32.3 Å². The fraction of sp³-hybridized carbons (Fsp3) is 0.517. The fourth-order valence-corrected chi connectivity index (χ4v) is 5.83. The Morgan fingerprint density at radius 3 is 2.52 bits per heavy atom. The monoisotopic (exact) mass is 574 g/mol. The van der Waals surface area contributed by atoms with Gasteiger partial charge in [0.25, 0.3) is 0 Å². The quantitative estimate of drug-likeness (QED) is 0.423. The third-order valence-corrected chi connectivity index (χ3v) is 8.94. The molecule has 0 unspecified atom stereocenters. The Kier molecular flexibility index (Phi) is 11.1. The second-order valence-electron chi connectivity index (χ2n) is 10.8. The molecule has 220 valence electrons. The van der Waals surface area contributed by atoms with Crippen LogP contribution in [0, 0.1) is 5.92 Å². The number of carbonyl (C=O) groups is 2. The molecule has 11 heteroatoms. The Bertz CT molecular complexity index is 1250. The van der Waals surface area contributed by atoms with E-state index in [1.807, 2.05) is 25.9 Å². The van der Waals surface area contributed by atoms with Crippen molar-refractivity contribution in [1.82, 2.24) is 14.1 Å². The van der Waals surface area contributed by atoms with Crippen LogP contribution >= 0.6 is 0 Å². The summed E-state index contributed by atoms with van der Waals surface area (Å²) in [5, 5.41) is 12.8. The van der Waals surface area contributed by atoms with Crippen LogP contribution in [0.25, 0.3) is 0 Å². The molecule has 1 aliphatic heterocycles. The number of amides is 2. The predicted octanol–water partition coefficient (Wildman–Crippen LogP) is 2.44. The van der Waals surface area contributed by atoms with Gasteiger partial charge in [-0.3, -0.25) is 9.59 Å². The number of nitrogens with one attached hydrogen (secondary N) is 1. The van der Waals surface area contributed by atoms with E-state index in [1.165, 1.54) is 11.4 Å². The van der Waals surface area contributed by atoms with Gasteiger partial charge in [-0.15, -0.1) is 0 Å². The van der Waals surface area contributed by atoms with Crippen LogP contribution in [0.3, 0.4) is 0 Å². The molecule has 1 aliphatic rings. The van der Waals surface area contributed by atoms with Gasteiger partial charge in [-0.2, -0.15) is 4.31 Å². The van der Waals surface area contributed by atoms with Crippen molar-refractivity contribution in [3.05, 3.63) is 54.1 Å². The Hall–Kier alpha value is -2.99. The van der Waals surface area contributed by atoms with E-state index < -0.39 is 22.2 Å². The highest BCUT2D eigenvalue weighted by Gasteiger charge is 2.33. The van der Waals surface area contributed by atoms with Gasteiger partial charge in [0.1, 0.15) is 11.9 Å². The third-order valence-electron chi connectivity index (χ3n) is 7.10. The van der Waals surface area contributed by atoms with Crippen molar-refractivity contribution in [2.45, 2.75) is 50.2 Å². The van der Waals surface area contributed by atoms with Crippen LogP contribution in [0.4, 0.5) is 5.69 Å². The molecule has 0 bridgehead atoms. The minimum Gasteiger partial charge on any atom is -0.488 e. The molecule has 0 spiro atoms. The molecule has 40 heavy (non-hydrogen) atoms. The number of fused-ring (bicyclic) bond motifs is 1. The van der Waals surface area contributed by atoms with Crippen LogP contribution in [0.2, 0.25) is 0 Å². The topological polar surface area (TPSA) is 119 Å². The summed E-state index contributed by atoms with van der Waals surface area (Å²) in [7, 11) is 1.66. The number of likely N-dealkylation sites (N-methyl/N-ethyl adjacent to an activating group) is 1. The lowest BCUT2D eigenvalue weighted by molar-refractivity contribution is -0.134. The number of aliphatic hydroxyl groups is 1. The van der Waals surface area contributed by atoms with E-state index in [9.17, 15) is 23.1 Å². The first-order valence-corrected chi connectivity index (χ1v) is 15.0. The van der Waals surface area contributed by atoms with E-state index in [0.717, 1.165) is 13.0 Å². The molecule has 2 amide bonds. The first-order chi connectivity index (χ1) is 18.9. The molecule has 2 aromatic carbocycles. The highest BCUT2D eigenvalue weighted by atomic mass is 32.2. The fourth-order valence-electron chi connectivity index (χ4n) is 4.63. The van der Waals surface area contributed by atoms with Crippen LogP contribution in [0.15, 0.2) is 53.4 Å². The average molecular weight is 575 g/mol. The second-order valence-corrected chi connectivity index (χ2v) is 12.8. The molecule has 2 aromatic rings. The van der Waals surface area contributed by atoms with E-state index in [2.05, 4.69) is 5.32 Å². The van der Waals surface area contributed by atoms with E-state index in [-0.39, 0.29) is 48.7 Å².